The van der Waals surface area contributed by atoms with Gasteiger partial charge in [0.05, 0.1) is 0 Å². The zero-order valence-electron chi connectivity index (χ0n) is 7.93. The summed E-state index contributed by atoms with van der Waals surface area (Å²) in [6.07, 6.45) is 0.573. The molecule has 1 rings (SSSR count). The Hall–Kier alpha value is -0.630. The molecule has 0 aliphatic rings. The summed E-state index contributed by atoms with van der Waals surface area (Å²) in [4.78, 5) is 11.5. The second-order valence-corrected chi connectivity index (χ2v) is 3.63. The van der Waals surface area contributed by atoms with Gasteiger partial charge in [-0.05, 0) is 18.6 Å². The largest absolute Gasteiger partial charge is 0.294 e. The number of carbonyl (C=O) groups is 1. The van der Waals surface area contributed by atoms with Crippen molar-refractivity contribution in [3.63, 3.8) is 0 Å². The third kappa shape index (κ3) is 2.41. The Morgan fingerprint density at radius 2 is 2.15 bits per heavy atom. The summed E-state index contributed by atoms with van der Waals surface area (Å²) >= 11 is 3.38. The van der Waals surface area contributed by atoms with Crippen LogP contribution in [0.4, 0.5) is 0 Å². The molecule has 0 aromatic heterocycles. The van der Waals surface area contributed by atoms with Gasteiger partial charge in [-0.3, -0.25) is 4.79 Å². The third-order valence-corrected chi connectivity index (χ3v) is 2.63. The van der Waals surface area contributed by atoms with Gasteiger partial charge in [0.15, 0.2) is 5.78 Å². The van der Waals surface area contributed by atoms with Crippen LogP contribution in [0.5, 0.6) is 0 Å². The highest BCUT2D eigenvalue weighted by molar-refractivity contribution is 9.08. The normalized spacial score (nSPS) is 10.1. The quantitative estimate of drug-likeness (QED) is 0.584. The van der Waals surface area contributed by atoms with Crippen molar-refractivity contribution in [3.05, 3.63) is 34.9 Å². The molecule has 0 N–H and O–H groups in total. The van der Waals surface area contributed by atoms with Gasteiger partial charge in [0, 0.05) is 17.3 Å². The number of alkyl halides is 1. The maximum Gasteiger partial charge on any atom is 0.162 e. The lowest BCUT2D eigenvalue weighted by Crippen LogP contribution is -2.01. The van der Waals surface area contributed by atoms with E-state index in [9.17, 15) is 4.79 Å². The number of hydrogen-bond donors (Lipinski definition) is 0. The van der Waals surface area contributed by atoms with E-state index in [2.05, 4.69) is 15.9 Å². The van der Waals surface area contributed by atoms with Gasteiger partial charge in [-0.25, -0.2) is 0 Å². The molecule has 70 valence electrons. The minimum Gasteiger partial charge on any atom is -0.294 e. The van der Waals surface area contributed by atoms with Gasteiger partial charge in [-0.2, -0.15) is 0 Å². The molecule has 0 bridgehead atoms. The van der Waals surface area contributed by atoms with Crippen LogP contribution < -0.4 is 0 Å². The lowest BCUT2D eigenvalue weighted by atomic mass is 10.0. The first-order chi connectivity index (χ1) is 6.19. The van der Waals surface area contributed by atoms with Crippen molar-refractivity contribution in [2.24, 2.45) is 0 Å². The van der Waals surface area contributed by atoms with E-state index in [4.69, 9.17) is 0 Å². The number of rotatable bonds is 3. The van der Waals surface area contributed by atoms with Crippen LogP contribution in [0.3, 0.4) is 0 Å². The van der Waals surface area contributed by atoms with E-state index < -0.39 is 0 Å². The zero-order valence-corrected chi connectivity index (χ0v) is 9.52. The van der Waals surface area contributed by atoms with Crippen LogP contribution in [0.25, 0.3) is 0 Å². The van der Waals surface area contributed by atoms with Crippen LogP contribution in [0, 0.1) is 6.92 Å². The molecule has 0 amide bonds. The van der Waals surface area contributed by atoms with Gasteiger partial charge in [0.2, 0.25) is 0 Å². The first-order valence-electron chi connectivity index (χ1n) is 4.37. The van der Waals surface area contributed by atoms with Crippen molar-refractivity contribution in [3.8, 4) is 0 Å². The smallest absolute Gasteiger partial charge is 0.162 e. The second kappa shape index (κ2) is 4.56. The first-order valence-corrected chi connectivity index (χ1v) is 5.50. The Labute approximate surface area is 87.3 Å². The molecule has 1 aromatic rings. The van der Waals surface area contributed by atoms with E-state index in [1.165, 1.54) is 0 Å². The first kappa shape index (κ1) is 10.5. The molecule has 2 heteroatoms. The Kier molecular flexibility index (Phi) is 3.67. The number of carbonyl (C=O) groups excluding carboxylic acids is 1. The average molecular weight is 241 g/mol. The molecule has 0 saturated carbocycles. The summed E-state index contributed by atoms with van der Waals surface area (Å²) in [5.41, 5.74) is 3.08. The number of halogens is 1. The maximum absolute atomic E-state index is 11.5. The minimum absolute atomic E-state index is 0.221. The van der Waals surface area contributed by atoms with Crippen LogP contribution in [0.2, 0.25) is 0 Å². The molecule has 0 fully saturated rings. The van der Waals surface area contributed by atoms with Crippen molar-refractivity contribution < 1.29 is 4.79 Å². The number of ketones is 1. The summed E-state index contributed by atoms with van der Waals surface area (Å²) in [5, 5.41) is 0.744. The molecule has 13 heavy (non-hydrogen) atoms. The molecule has 0 saturated heterocycles. The zero-order chi connectivity index (χ0) is 9.84. The predicted molar refractivity (Wildman–Crippen MR) is 58.4 cm³/mol. The van der Waals surface area contributed by atoms with E-state index >= 15 is 0 Å². The molecule has 1 aromatic carbocycles. The molecule has 0 radical (unpaired) electrons. The minimum atomic E-state index is 0.221. The Balaban J connectivity index is 3.15. The summed E-state index contributed by atoms with van der Waals surface area (Å²) < 4.78 is 0. The molecule has 1 nitrogen and oxygen atoms in total. The topological polar surface area (TPSA) is 17.1 Å². The maximum atomic E-state index is 11.5. The summed E-state index contributed by atoms with van der Waals surface area (Å²) in [6, 6.07) is 6.00. The lowest BCUT2D eigenvalue weighted by Gasteiger charge is -2.05. The van der Waals surface area contributed by atoms with E-state index in [1.807, 2.05) is 32.0 Å². The highest BCUT2D eigenvalue weighted by atomic mass is 79.9. The fourth-order valence-corrected chi connectivity index (χ4v) is 1.75. The van der Waals surface area contributed by atoms with Crippen molar-refractivity contribution in [1.29, 1.82) is 0 Å². The molecule has 0 heterocycles. The van der Waals surface area contributed by atoms with Gasteiger partial charge in [-0.15, -0.1) is 0 Å². The molecular formula is C11H13BrO. The van der Waals surface area contributed by atoms with Crippen LogP contribution >= 0.6 is 15.9 Å². The number of Topliss-reactive ketones (excluding diaryl/α,β-unsaturated/α-hetero) is 1. The second-order valence-electron chi connectivity index (χ2n) is 3.07. The lowest BCUT2D eigenvalue weighted by molar-refractivity contribution is 0.0987. The van der Waals surface area contributed by atoms with Gasteiger partial charge in [0.25, 0.3) is 0 Å². The van der Waals surface area contributed by atoms with Gasteiger partial charge < -0.3 is 0 Å². The van der Waals surface area contributed by atoms with Crippen LogP contribution in [-0.4, -0.2) is 5.78 Å². The summed E-state index contributed by atoms with van der Waals surface area (Å²) in [7, 11) is 0. The van der Waals surface area contributed by atoms with Crippen LogP contribution in [0.1, 0.15) is 34.8 Å². The van der Waals surface area contributed by atoms with E-state index in [-0.39, 0.29) is 5.78 Å². The van der Waals surface area contributed by atoms with E-state index in [0.29, 0.717) is 6.42 Å². The molecule has 0 spiro atoms. The molecule has 0 atom stereocenters. The van der Waals surface area contributed by atoms with Gasteiger partial charge in [0.1, 0.15) is 0 Å². The number of hydrogen-bond acceptors (Lipinski definition) is 1. The summed E-state index contributed by atoms with van der Waals surface area (Å²) in [5.74, 6) is 0.221. The summed E-state index contributed by atoms with van der Waals surface area (Å²) in [6.45, 7) is 3.90. The molecule has 0 aliphatic carbocycles. The monoisotopic (exact) mass is 240 g/mol. The van der Waals surface area contributed by atoms with Crippen molar-refractivity contribution in [2.45, 2.75) is 25.6 Å². The fraction of sp³-hybridized carbons (Fsp3) is 0.364. The molecular weight excluding hydrogens is 228 g/mol. The Morgan fingerprint density at radius 3 is 2.69 bits per heavy atom. The highest BCUT2D eigenvalue weighted by Crippen LogP contribution is 2.16. The van der Waals surface area contributed by atoms with E-state index in [0.717, 1.165) is 22.0 Å². The van der Waals surface area contributed by atoms with Crippen LogP contribution in [0.15, 0.2) is 18.2 Å². The van der Waals surface area contributed by atoms with Gasteiger partial charge >= 0.3 is 0 Å². The highest BCUT2D eigenvalue weighted by Gasteiger charge is 2.08. The number of aryl methyl sites for hydroxylation is 1. The molecule has 0 aliphatic heterocycles. The Bertz CT molecular complexity index is 318. The average Bonchev–Trinajstić information content (AvgIpc) is 2.16. The fourth-order valence-electron chi connectivity index (χ4n) is 1.26. The predicted octanol–water partition coefficient (Wildman–Crippen LogP) is 3.48. The van der Waals surface area contributed by atoms with Crippen molar-refractivity contribution in [1.82, 2.24) is 0 Å². The van der Waals surface area contributed by atoms with Gasteiger partial charge in [-0.1, -0.05) is 40.5 Å². The Morgan fingerprint density at radius 1 is 1.46 bits per heavy atom. The van der Waals surface area contributed by atoms with E-state index in [1.54, 1.807) is 0 Å². The standard InChI is InChI=1S/C11H13BrO/c1-3-11(13)10-6-8(2)4-5-9(10)7-12/h4-6H,3,7H2,1-2H3. The van der Waals surface area contributed by atoms with Crippen molar-refractivity contribution in [2.75, 3.05) is 0 Å². The number of benzene rings is 1. The van der Waals surface area contributed by atoms with Crippen molar-refractivity contribution >= 4 is 21.7 Å². The molecule has 0 unspecified atom stereocenters. The van der Waals surface area contributed by atoms with Crippen LogP contribution in [-0.2, 0) is 5.33 Å². The third-order valence-electron chi connectivity index (χ3n) is 2.03. The SMILES string of the molecule is CCC(=O)c1cc(C)ccc1CBr.